The van der Waals surface area contributed by atoms with E-state index < -0.39 is 0 Å². The van der Waals surface area contributed by atoms with Gasteiger partial charge in [0.1, 0.15) is 0 Å². The molecule has 0 aromatic heterocycles. The van der Waals surface area contributed by atoms with E-state index in [2.05, 4.69) is 6.92 Å². The van der Waals surface area contributed by atoms with Crippen molar-refractivity contribution in [1.82, 2.24) is 0 Å². The summed E-state index contributed by atoms with van der Waals surface area (Å²) in [6.45, 7) is 2.40. The molecule has 0 aromatic rings. The number of rotatable bonds is 2. The van der Waals surface area contributed by atoms with E-state index in [0.29, 0.717) is 6.61 Å². The minimum absolute atomic E-state index is 0. The van der Waals surface area contributed by atoms with Gasteiger partial charge < -0.3 is 5.11 Å². The molecule has 0 unspecified atom stereocenters. The normalized spacial score (nSPS) is 7.00. The topological polar surface area (TPSA) is 20.2 Å². The third kappa shape index (κ3) is 8.82. The van der Waals surface area contributed by atoms with Gasteiger partial charge in [-0.15, -0.1) is 0 Å². The largest absolute Gasteiger partial charge is 0.396 e. The van der Waals surface area contributed by atoms with E-state index in [1.807, 2.05) is 0 Å². The second-order valence-electron chi connectivity index (χ2n) is 1.08. The van der Waals surface area contributed by atoms with Gasteiger partial charge in [0.05, 0.1) is 0 Å². The molecule has 0 aliphatic carbocycles. The molecule has 0 bridgehead atoms. The fraction of sp³-hybridized carbons (Fsp3) is 1.00. The molecule has 0 saturated carbocycles. The maximum atomic E-state index is 8.07. The minimum Gasteiger partial charge on any atom is -0.396 e. The van der Waals surface area contributed by atoms with Gasteiger partial charge in [-0.2, -0.15) is 0 Å². The first-order chi connectivity index (χ1) is 2.41. The standard InChI is InChI=1S/C4H10O.Re/c1-2-3-4-5;/h5H,2-4H2,1H3;. The van der Waals surface area contributed by atoms with Crippen LogP contribution in [0.2, 0.25) is 0 Å². The van der Waals surface area contributed by atoms with Crippen LogP contribution in [-0.4, -0.2) is 11.7 Å². The molecule has 2 heteroatoms. The van der Waals surface area contributed by atoms with Crippen LogP contribution >= 0.6 is 0 Å². The zero-order valence-electron chi connectivity index (χ0n) is 3.95. The van der Waals surface area contributed by atoms with Crippen LogP contribution in [0, 0.1) is 0 Å². The Morgan fingerprint density at radius 3 is 2.00 bits per heavy atom. The van der Waals surface area contributed by atoms with Gasteiger partial charge in [0.25, 0.3) is 0 Å². The fourth-order valence-corrected chi connectivity index (χ4v) is 0.158. The smallest absolute Gasteiger partial charge is 0.0430 e. The Hall–Kier alpha value is 0.622. The Labute approximate surface area is 52.4 Å². The van der Waals surface area contributed by atoms with Crippen LogP contribution < -0.4 is 0 Å². The Kier molecular flexibility index (Phi) is 14.9. The van der Waals surface area contributed by atoms with Crippen LogP contribution in [0.15, 0.2) is 0 Å². The molecule has 1 nitrogen and oxygen atoms in total. The average molecular weight is 260 g/mol. The number of hydrogen-bond donors (Lipinski definition) is 1. The molecule has 0 saturated heterocycles. The van der Waals surface area contributed by atoms with E-state index in [9.17, 15) is 0 Å². The summed E-state index contributed by atoms with van der Waals surface area (Å²) in [5.74, 6) is 0. The van der Waals surface area contributed by atoms with Crippen LogP contribution in [0.4, 0.5) is 0 Å². The number of aliphatic hydroxyl groups excluding tert-OH is 1. The number of unbranched alkanes of at least 4 members (excludes halogenated alkanes) is 1. The molecular formula is C4H10ORe. The second kappa shape index (κ2) is 9.16. The predicted octanol–water partition coefficient (Wildman–Crippen LogP) is 0.776. The third-order valence-electron chi connectivity index (χ3n) is 0.512. The summed E-state index contributed by atoms with van der Waals surface area (Å²) in [5, 5.41) is 8.07. The molecule has 6 heavy (non-hydrogen) atoms. The van der Waals surface area contributed by atoms with Gasteiger partial charge in [-0.3, -0.25) is 0 Å². The molecule has 0 spiro atoms. The van der Waals surface area contributed by atoms with Crippen LogP contribution in [0.3, 0.4) is 0 Å². The monoisotopic (exact) mass is 261 g/mol. The van der Waals surface area contributed by atoms with Crippen molar-refractivity contribution in [3.8, 4) is 0 Å². The summed E-state index contributed by atoms with van der Waals surface area (Å²) in [5.41, 5.74) is 0. The van der Waals surface area contributed by atoms with Crippen molar-refractivity contribution in [2.24, 2.45) is 0 Å². The maximum Gasteiger partial charge on any atom is 0.0430 e. The summed E-state index contributed by atoms with van der Waals surface area (Å²) >= 11 is 0. The Bertz CT molecular complexity index is 15.0. The van der Waals surface area contributed by atoms with Gasteiger partial charge in [0.15, 0.2) is 0 Å². The second-order valence-corrected chi connectivity index (χ2v) is 1.08. The first kappa shape index (κ1) is 9.80. The third-order valence-corrected chi connectivity index (χ3v) is 0.512. The van der Waals surface area contributed by atoms with Crippen molar-refractivity contribution < 1.29 is 25.5 Å². The van der Waals surface area contributed by atoms with Gasteiger partial charge in [-0.25, -0.2) is 0 Å². The maximum absolute atomic E-state index is 8.07. The first-order valence-corrected chi connectivity index (χ1v) is 2.02. The van der Waals surface area contributed by atoms with Crippen molar-refractivity contribution in [2.75, 3.05) is 6.61 Å². The molecule has 0 heterocycles. The predicted molar refractivity (Wildman–Crippen MR) is 22.0 cm³/mol. The van der Waals surface area contributed by atoms with Crippen molar-refractivity contribution in [2.45, 2.75) is 19.8 Å². The van der Waals surface area contributed by atoms with Crippen LogP contribution in [-0.2, 0) is 20.4 Å². The Balaban J connectivity index is 0. The quantitative estimate of drug-likeness (QED) is 0.778. The van der Waals surface area contributed by atoms with Crippen LogP contribution in [0.5, 0.6) is 0 Å². The molecule has 0 fully saturated rings. The van der Waals surface area contributed by atoms with Crippen molar-refractivity contribution in [3.05, 3.63) is 0 Å². The summed E-state index contributed by atoms with van der Waals surface area (Å²) in [7, 11) is 0. The minimum atomic E-state index is 0. The van der Waals surface area contributed by atoms with E-state index in [0.717, 1.165) is 12.8 Å². The Morgan fingerprint density at radius 1 is 1.50 bits per heavy atom. The molecule has 0 aromatic carbocycles. The van der Waals surface area contributed by atoms with Crippen molar-refractivity contribution in [3.63, 3.8) is 0 Å². The zero-order valence-corrected chi connectivity index (χ0v) is 6.66. The van der Waals surface area contributed by atoms with Gasteiger partial charge in [0.2, 0.25) is 0 Å². The van der Waals surface area contributed by atoms with Crippen molar-refractivity contribution in [1.29, 1.82) is 0 Å². The van der Waals surface area contributed by atoms with E-state index in [1.54, 1.807) is 0 Å². The van der Waals surface area contributed by atoms with Crippen LogP contribution in [0.1, 0.15) is 19.8 Å². The molecule has 0 aliphatic rings. The Morgan fingerprint density at radius 2 is 2.00 bits per heavy atom. The summed E-state index contributed by atoms with van der Waals surface area (Å²) in [4.78, 5) is 0. The zero-order chi connectivity index (χ0) is 4.12. The van der Waals surface area contributed by atoms with Gasteiger partial charge in [-0.1, -0.05) is 13.3 Å². The summed E-state index contributed by atoms with van der Waals surface area (Å²) in [6, 6.07) is 0. The number of hydrogen-bond acceptors (Lipinski definition) is 1. The van der Waals surface area contributed by atoms with Gasteiger partial charge in [-0.05, 0) is 6.42 Å². The molecule has 39 valence electrons. The van der Waals surface area contributed by atoms with Crippen LogP contribution in [0.25, 0.3) is 0 Å². The van der Waals surface area contributed by atoms with E-state index in [1.165, 1.54) is 0 Å². The molecule has 0 aliphatic heterocycles. The molecular weight excluding hydrogens is 250 g/mol. The van der Waals surface area contributed by atoms with Gasteiger partial charge in [0, 0.05) is 27.0 Å². The van der Waals surface area contributed by atoms with E-state index >= 15 is 0 Å². The average Bonchev–Trinajstić information content (AvgIpc) is 1.41. The summed E-state index contributed by atoms with van der Waals surface area (Å²) < 4.78 is 0. The molecule has 0 atom stereocenters. The summed E-state index contributed by atoms with van der Waals surface area (Å²) in [6.07, 6.45) is 2.04. The fourth-order valence-electron chi connectivity index (χ4n) is 0.158. The van der Waals surface area contributed by atoms with E-state index in [-0.39, 0.29) is 20.4 Å². The van der Waals surface area contributed by atoms with E-state index in [4.69, 9.17) is 5.11 Å². The first-order valence-electron chi connectivity index (χ1n) is 2.02. The molecule has 0 amide bonds. The van der Waals surface area contributed by atoms with Crippen molar-refractivity contribution >= 4 is 0 Å². The molecule has 1 radical (unpaired) electrons. The van der Waals surface area contributed by atoms with Gasteiger partial charge >= 0.3 is 0 Å². The SMILES string of the molecule is CCCCO.[Re]. The number of aliphatic hydroxyl groups is 1. The molecule has 0 rings (SSSR count). The molecule has 1 N–H and O–H groups in total.